The van der Waals surface area contributed by atoms with Crippen LogP contribution in [0.15, 0.2) is 78.9 Å². The van der Waals surface area contributed by atoms with Crippen molar-refractivity contribution < 1.29 is 9.53 Å². The molecule has 0 bridgehead atoms. The van der Waals surface area contributed by atoms with Crippen molar-refractivity contribution in [1.29, 1.82) is 0 Å². The number of amides is 1. The molecule has 0 saturated carbocycles. The lowest BCUT2D eigenvalue weighted by Gasteiger charge is -2.12. The summed E-state index contributed by atoms with van der Waals surface area (Å²) in [5.74, 6) is 0.622. The highest BCUT2D eigenvalue weighted by molar-refractivity contribution is 5.77. The van der Waals surface area contributed by atoms with Crippen LogP contribution < -0.4 is 10.1 Å². The van der Waals surface area contributed by atoms with E-state index in [0.717, 1.165) is 29.8 Å². The van der Waals surface area contributed by atoms with Crippen LogP contribution in [0.4, 0.5) is 0 Å². The number of nitrogens with one attached hydrogen (secondary N) is 1. The van der Waals surface area contributed by atoms with E-state index in [-0.39, 0.29) is 12.5 Å². The van der Waals surface area contributed by atoms with Gasteiger partial charge >= 0.3 is 0 Å². The summed E-state index contributed by atoms with van der Waals surface area (Å²) in [6, 6.07) is 26.4. The molecule has 4 heteroatoms. The van der Waals surface area contributed by atoms with Gasteiger partial charge < -0.3 is 15.0 Å². The van der Waals surface area contributed by atoms with Crippen LogP contribution >= 0.6 is 0 Å². The summed E-state index contributed by atoms with van der Waals surface area (Å²) in [6.45, 7) is 1.41. The first-order valence-corrected chi connectivity index (χ1v) is 9.84. The molecule has 0 saturated heterocycles. The van der Waals surface area contributed by atoms with Gasteiger partial charge in [0.1, 0.15) is 5.75 Å². The highest BCUT2D eigenvalue weighted by atomic mass is 16.5. The van der Waals surface area contributed by atoms with Crippen molar-refractivity contribution in [2.75, 3.05) is 20.7 Å². The summed E-state index contributed by atoms with van der Waals surface area (Å²) >= 11 is 0. The summed E-state index contributed by atoms with van der Waals surface area (Å²) in [5, 5.41) is 2.92. The minimum Gasteiger partial charge on any atom is -0.483 e. The third-order valence-corrected chi connectivity index (χ3v) is 4.58. The van der Waals surface area contributed by atoms with Crippen molar-refractivity contribution in [3.63, 3.8) is 0 Å². The Labute approximate surface area is 173 Å². The predicted molar refractivity (Wildman–Crippen MR) is 117 cm³/mol. The lowest BCUT2D eigenvalue weighted by Crippen LogP contribution is -2.28. The van der Waals surface area contributed by atoms with Crippen molar-refractivity contribution in [3.8, 4) is 5.75 Å². The number of hydrogen-bond acceptors (Lipinski definition) is 3. The van der Waals surface area contributed by atoms with Gasteiger partial charge in [-0.05, 0) is 42.4 Å². The third-order valence-electron chi connectivity index (χ3n) is 4.58. The maximum Gasteiger partial charge on any atom is 0.258 e. The van der Waals surface area contributed by atoms with E-state index >= 15 is 0 Å². The van der Waals surface area contributed by atoms with E-state index in [4.69, 9.17) is 4.74 Å². The van der Waals surface area contributed by atoms with Gasteiger partial charge in [-0.15, -0.1) is 0 Å². The Balaban J connectivity index is 1.49. The van der Waals surface area contributed by atoms with Gasteiger partial charge in [-0.25, -0.2) is 0 Å². The molecule has 0 unspecified atom stereocenters. The zero-order valence-electron chi connectivity index (χ0n) is 17.1. The van der Waals surface area contributed by atoms with Gasteiger partial charge in [0.05, 0.1) is 0 Å². The van der Waals surface area contributed by atoms with Crippen LogP contribution in [0.2, 0.25) is 0 Å². The average Bonchev–Trinajstić information content (AvgIpc) is 2.73. The van der Waals surface area contributed by atoms with Gasteiger partial charge in [-0.1, -0.05) is 72.8 Å². The Morgan fingerprint density at radius 1 is 0.828 bits per heavy atom. The van der Waals surface area contributed by atoms with Gasteiger partial charge in [0.2, 0.25) is 0 Å². The summed E-state index contributed by atoms with van der Waals surface area (Å²) in [5.41, 5.74) is 4.61. The van der Waals surface area contributed by atoms with Crippen LogP contribution in [0, 0.1) is 0 Å². The molecule has 0 aliphatic rings. The molecule has 0 aliphatic carbocycles. The molecular formula is C25H28N2O2. The van der Waals surface area contributed by atoms with Crippen molar-refractivity contribution in [2.45, 2.75) is 19.5 Å². The zero-order valence-corrected chi connectivity index (χ0v) is 17.1. The molecule has 0 heterocycles. The number of hydrogen-bond donors (Lipinski definition) is 1. The predicted octanol–water partition coefficient (Wildman–Crippen LogP) is 4.03. The summed E-state index contributed by atoms with van der Waals surface area (Å²) in [6.07, 6.45) is 0.776. The summed E-state index contributed by atoms with van der Waals surface area (Å²) in [4.78, 5) is 14.4. The normalized spacial score (nSPS) is 10.7. The number of nitrogens with zero attached hydrogens (tertiary/aromatic N) is 1. The number of ether oxygens (including phenoxy) is 1. The average molecular weight is 389 g/mol. The fourth-order valence-corrected chi connectivity index (χ4v) is 3.13. The third kappa shape index (κ3) is 6.77. The van der Waals surface area contributed by atoms with Crippen LogP contribution in [-0.4, -0.2) is 31.5 Å². The molecule has 150 valence electrons. The van der Waals surface area contributed by atoms with Crippen LogP contribution in [-0.2, 0) is 24.3 Å². The Hall–Kier alpha value is -3.11. The number of carbonyl (C=O) groups excluding carboxylic acids is 1. The van der Waals surface area contributed by atoms with Crippen molar-refractivity contribution in [1.82, 2.24) is 10.2 Å². The Morgan fingerprint density at radius 2 is 1.48 bits per heavy atom. The molecular weight excluding hydrogens is 360 g/mol. The fraction of sp³-hybridized carbons (Fsp3) is 0.240. The molecule has 0 atom stereocenters. The minimum atomic E-state index is -0.128. The molecule has 0 aliphatic heterocycles. The number of para-hydroxylation sites is 1. The van der Waals surface area contributed by atoms with Gasteiger partial charge in [0.25, 0.3) is 5.91 Å². The van der Waals surface area contributed by atoms with E-state index in [9.17, 15) is 4.79 Å². The van der Waals surface area contributed by atoms with E-state index < -0.39 is 0 Å². The van der Waals surface area contributed by atoms with Crippen LogP contribution in [0.3, 0.4) is 0 Å². The highest BCUT2D eigenvalue weighted by Crippen LogP contribution is 2.21. The molecule has 0 spiro atoms. The van der Waals surface area contributed by atoms with E-state index in [1.807, 2.05) is 56.6 Å². The number of benzene rings is 3. The van der Waals surface area contributed by atoms with Gasteiger partial charge in [-0.3, -0.25) is 4.79 Å². The zero-order chi connectivity index (χ0) is 20.5. The standard InChI is InChI=1S/C25H28N2O2/c1-27(2)18-22-14-12-21(13-15-22)17-26-25(28)19-29-24-11-7-6-10-23(24)16-20-8-4-3-5-9-20/h3-15H,16-19H2,1-2H3,(H,26,28). The summed E-state index contributed by atoms with van der Waals surface area (Å²) < 4.78 is 5.80. The second-order valence-corrected chi connectivity index (χ2v) is 7.39. The molecule has 3 aromatic rings. The topological polar surface area (TPSA) is 41.6 Å². The molecule has 0 aromatic heterocycles. The van der Waals surface area contributed by atoms with E-state index in [2.05, 4.69) is 46.6 Å². The lowest BCUT2D eigenvalue weighted by molar-refractivity contribution is -0.123. The molecule has 1 N–H and O–H groups in total. The van der Waals surface area contributed by atoms with Crippen LogP contribution in [0.1, 0.15) is 22.3 Å². The highest BCUT2D eigenvalue weighted by Gasteiger charge is 2.08. The van der Waals surface area contributed by atoms with E-state index in [0.29, 0.717) is 6.54 Å². The van der Waals surface area contributed by atoms with Crippen molar-refractivity contribution >= 4 is 5.91 Å². The Morgan fingerprint density at radius 3 is 2.21 bits per heavy atom. The van der Waals surface area contributed by atoms with E-state index in [1.54, 1.807) is 0 Å². The number of carbonyl (C=O) groups is 1. The maximum atomic E-state index is 12.2. The van der Waals surface area contributed by atoms with Crippen LogP contribution in [0.25, 0.3) is 0 Å². The first-order valence-electron chi connectivity index (χ1n) is 9.84. The Kier molecular flexibility index (Phi) is 7.42. The largest absolute Gasteiger partial charge is 0.483 e. The quantitative estimate of drug-likeness (QED) is 0.602. The monoisotopic (exact) mass is 388 g/mol. The maximum absolute atomic E-state index is 12.2. The minimum absolute atomic E-state index is 0.00448. The second kappa shape index (κ2) is 10.4. The van der Waals surface area contributed by atoms with Gasteiger partial charge in [-0.2, -0.15) is 0 Å². The molecule has 29 heavy (non-hydrogen) atoms. The van der Waals surface area contributed by atoms with Crippen molar-refractivity contribution in [3.05, 3.63) is 101 Å². The molecule has 3 rings (SSSR count). The van der Waals surface area contributed by atoms with E-state index in [1.165, 1.54) is 11.1 Å². The summed E-state index contributed by atoms with van der Waals surface area (Å²) in [7, 11) is 4.10. The fourth-order valence-electron chi connectivity index (χ4n) is 3.13. The van der Waals surface area contributed by atoms with Gasteiger partial charge in [0.15, 0.2) is 6.61 Å². The number of rotatable bonds is 9. The molecule has 1 amide bonds. The first-order chi connectivity index (χ1) is 14.1. The molecule has 0 fully saturated rings. The van der Waals surface area contributed by atoms with Crippen molar-refractivity contribution in [2.24, 2.45) is 0 Å². The Bertz CT molecular complexity index is 906. The molecule has 3 aromatic carbocycles. The van der Waals surface area contributed by atoms with Crippen LogP contribution in [0.5, 0.6) is 5.75 Å². The first kappa shape index (κ1) is 20.6. The second-order valence-electron chi connectivity index (χ2n) is 7.39. The smallest absolute Gasteiger partial charge is 0.258 e. The lowest BCUT2D eigenvalue weighted by atomic mass is 10.0. The molecule has 4 nitrogen and oxygen atoms in total. The SMILES string of the molecule is CN(C)Cc1ccc(CNC(=O)COc2ccccc2Cc2ccccc2)cc1. The van der Waals surface area contributed by atoms with Gasteiger partial charge in [0, 0.05) is 19.5 Å². The molecule has 0 radical (unpaired) electrons.